The maximum absolute atomic E-state index is 9.62. The van der Waals surface area contributed by atoms with Crippen molar-refractivity contribution in [3.63, 3.8) is 0 Å². The molecule has 1 aliphatic heterocycles. The Bertz CT molecular complexity index is 298. The summed E-state index contributed by atoms with van der Waals surface area (Å²) in [4.78, 5) is 0. The molecule has 2 heteroatoms. The van der Waals surface area contributed by atoms with Crippen LogP contribution in [0.25, 0.3) is 0 Å². The largest absolute Gasteiger partial charge is 0.508 e. The zero-order valence-corrected chi connectivity index (χ0v) is 7.83. The van der Waals surface area contributed by atoms with Gasteiger partial charge in [-0.15, -0.1) is 0 Å². The first kappa shape index (κ1) is 8.57. The van der Waals surface area contributed by atoms with E-state index in [9.17, 15) is 5.11 Å². The lowest BCUT2D eigenvalue weighted by Gasteiger charge is -2.11. The van der Waals surface area contributed by atoms with Gasteiger partial charge >= 0.3 is 0 Å². The summed E-state index contributed by atoms with van der Waals surface area (Å²) < 4.78 is 0. The van der Waals surface area contributed by atoms with Crippen molar-refractivity contribution in [1.29, 1.82) is 0 Å². The van der Waals surface area contributed by atoms with Gasteiger partial charge in [-0.05, 0) is 24.9 Å². The van der Waals surface area contributed by atoms with E-state index >= 15 is 0 Å². The molecule has 1 aromatic rings. The van der Waals surface area contributed by atoms with Crippen molar-refractivity contribution in [2.75, 3.05) is 6.54 Å². The van der Waals surface area contributed by atoms with Crippen LogP contribution in [0.15, 0.2) is 24.3 Å². The molecule has 2 N–H and O–H groups in total. The Morgan fingerprint density at radius 1 is 1.38 bits per heavy atom. The number of hydrogen-bond donors (Lipinski definition) is 2. The van der Waals surface area contributed by atoms with Gasteiger partial charge in [0, 0.05) is 11.6 Å². The van der Waals surface area contributed by atoms with Crippen molar-refractivity contribution in [3.05, 3.63) is 29.8 Å². The fourth-order valence-electron chi connectivity index (χ4n) is 1.93. The number of para-hydroxylation sites is 1. The van der Waals surface area contributed by atoms with E-state index in [4.69, 9.17) is 0 Å². The number of nitrogens with one attached hydrogen (secondary N) is 1. The molecule has 0 radical (unpaired) electrons. The molecule has 0 unspecified atom stereocenters. The summed E-state index contributed by atoms with van der Waals surface area (Å²) in [5, 5.41) is 13.0. The number of rotatable bonds is 1. The summed E-state index contributed by atoms with van der Waals surface area (Å²) in [6, 6.07) is 7.92. The summed E-state index contributed by atoms with van der Waals surface area (Å²) >= 11 is 0. The standard InChI is InChI=1S/C11H15NO/c1-8-6-10(12-7-8)9-4-2-3-5-11(9)13/h2-5,8,10,12-13H,6-7H2,1H3/t8-,10+/m0/s1. The third-order valence-corrected chi connectivity index (χ3v) is 2.66. The Kier molecular flexibility index (Phi) is 2.23. The highest BCUT2D eigenvalue weighted by atomic mass is 16.3. The Morgan fingerprint density at radius 3 is 2.77 bits per heavy atom. The van der Waals surface area contributed by atoms with Crippen molar-refractivity contribution >= 4 is 0 Å². The predicted molar refractivity (Wildman–Crippen MR) is 52.6 cm³/mol. The van der Waals surface area contributed by atoms with Crippen molar-refractivity contribution in [1.82, 2.24) is 5.32 Å². The first-order chi connectivity index (χ1) is 6.27. The second-order valence-electron chi connectivity index (χ2n) is 3.86. The van der Waals surface area contributed by atoms with Crippen LogP contribution in [0.3, 0.4) is 0 Å². The van der Waals surface area contributed by atoms with E-state index in [0.717, 1.165) is 18.5 Å². The number of phenolic OH excluding ortho intramolecular Hbond substituents is 1. The van der Waals surface area contributed by atoms with Crippen molar-refractivity contribution in [3.8, 4) is 5.75 Å². The third kappa shape index (κ3) is 1.68. The van der Waals surface area contributed by atoms with E-state index in [1.54, 1.807) is 6.07 Å². The second kappa shape index (κ2) is 3.38. The van der Waals surface area contributed by atoms with Crippen LogP contribution in [0, 0.1) is 5.92 Å². The second-order valence-corrected chi connectivity index (χ2v) is 3.86. The minimum absolute atomic E-state index is 0.344. The van der Waals surface area contributed by atoms with Gasteiger partial charge in [0.15, 0.2) is 0 Å². The van der Waals surface area contributed by atoms with E-state index in [1.807, 2.05) is 18.2 Å². The van der Waals surface area contributed by atoms with Gasteiger partial charge in [-0.3, -0.25) is 0 Å². The van der Waals surface area contributed by atoms with Gasteiger partial charge in [-0.1, -0.05) is 25.1 Å². The van der Waals surface area contributed by atoms with E-state index in [-0.39, 0.29) is 0 Å². The van der Waals surface area contributed by atoms with Gasteiger partial charge in [0.05, 0.1) is 0 Å². The molecule has 1 aromatic carbocycles. The molecular formula is C11H15NO. The Labute approximate surface area is 78.6 Å². The highest BCUT2D eigenvalue weighted by molar-refractivity contribution is 5.35. The molecule has 0 bridgehead atoms. The van der Waals surface area contributed by atoms with Crippen molar-refractivity contribution in [2.45, 2.75) is 19.4 Å². The summed E-state index contributed by atoms with van der Waals surface area (Å²) in [6.45, 7) is 3.28. The highest BCUT2D eigenvalue weighted by Crippen LogP contribution is 2.31. The maximum atomic E-state index is 9.62. The first-order valence-electron chi connectivity index (χ1n) is 4.78. The van der Waals surface area contributed by atoms with Crippen LogP contribution >= 0.6 is 0 Å². The van der Waals surface area contributed by atoms with E-state index in [1.165, 1.54) is 0 Å². The van der Waals surface area contributed by atoms with Gasteiger partial charge < -0.3 is 10.4 Å². The number of aromatic hydroxyl groups is 1. The van der Waals surface area contributed by atoms with Crippen LogP contribution in [0.1, 0.15) is 24.9 Å². The molecule has 0 amide bonds. The zero-order valence-electron chi connectivity index (χ0n) is 7.83. The normalized spacial score (nSPS) is 27.8. The van der Waals surface area contributed by atoms with E-state index in [0.29, 0.717) is 17.7 Å². The van der Waals surface area contributed by atoms with Crippen LogP contribution in [0.5, 0.6) is 5.75 Å². The minimum Gasteiger partial charge on any atom is -0.508 e. The lowest BCUT2D eigenvalue weighted by atomic mass is 10.0. The average Bonchev–Trinajstić information content (AvgIpc) is 2.53. The fraction of sp³-hybridized carbons (Fsp3) is 0.455. The molecule has 0 saturated carbocycles. The van der Waals surface area contributed by atoms with E-state index in [2.05, 4.69) is 12.2 Å². The Hall–Kier alpha value is -1.02. The molecule has 0 aliphatic carbocycles. The van der Waals surface area contributed by atoms with E-state index < -0.39 is 0 Å². The van der Waals surface area contributed by atoms with Crippen LogP contribution in [0.4, 0.5) is 0 Å². The minimum atomic E-state index is 0.344. The lowest BCUT2D eigenvalue weighted by molar-refractivity contribution is 0.456. The van der Waals surface area contributed by atoms with Gasteiger partial charge in [0.1, 0.15) is 5.75 Å². The maximum Gasteiger partial charge on any atom is 0.120 e. The monoisotopic (exact) mass is 177 g/mol. The molecule has 70 valence electrons. The number of benzene rings is 1. The lowest BCUT2D eigenvalue weighted by Crippen LogP contribution is -2.13. The molecular weight excluding hydrogens is 162 g/mol. The van der Waals surface area contributed by atoms with Crippen LogP contribution in [-0.4, -0.2) is 11.7 Å². The first-order valence-corrected chi connectivity index (χ1v) is 4.78. The molecule has 0 spiro atoms. The number of phenols is 1. The summed E-state index contributed by atoms with van der Waals surface area (Å²) in [6.07, 6.45) is 1.12. The van der Waals surface area contributed by atoms with Gasteiger partial charge in [-0.2, -0.15) is 0 Å². The quantitative estimate of drug-likeness (QED) is 0.688. The molecule has 1 heterocycles. The van der Waals surface area contributed by atoms with Crippen LogP contribution < -0.4 is 5.32 Å². The van der Waals surface area contributed by atoms with Crippen LogP contribution in [-0.2, 0) is 0 Å². The smallest absolute Gasteiger partial charge is 0.120 e. The Morgan fingerprint density at radius 2 is 2.15 bits per heavy atom. The average molecular weight is 177 g/mol. The zero-order chi connectivity index (χ0) is 9.26. The molecule has 1 aliphatic rings. The van der Waals surface area contributed by atoms with Gasteiger partial charge in [0.25, 0.3) is 0 Å². The topological polar surface area (TPSA) is 32.3 Å². The SMILES string of the molecule is C[C@@H]1CN[C@@H](c2ccccc2O)C1. The van der Waals surface area contributed by atoms with Crippen LogP contribution in [0.2, 0.25) is 0 Å². The summed E-state index contributed by atoms with van der Waals surface area (Å²) in [7, 11) is 0. The third-order valence-electron chi connectivity index (χ3n) is 2.66. The highest BCUT2D eigenvalue weighted by Gasteiger charge is 2.23. The number of hydrogen-bond acceptors (Lipinski definition) is 2. The van der Waals surface area contributed by atoms with Crippen molar-refractivity contribution in [2.24, 2.45) is 5.92 Å². The summed E-state index contributed by atoms with van der Waals surface area (Å²) in [5.74, 6) is 1.12. The molecule has 2 atom stereocenters. The molecule has 2 rings (SSSR count). The van der Waals surface area contributed by atoms with Gasteiger partial charge in [-0.25, -0.2) is 0 Å². The Balaban J connectivity index is 2.21. The molecule has 2 nitrogen and oxygen atoms in total. The van der Waals surface area contributed by atoms with Crippen molar-refractivity contribution < 1.29 is 5.11 Å². The molecule has 0 aromatic heterocycles. The predicted octanol–water partition coefficient (Wildman–Crippen LogP) is 2.06. The fourth-order valence-corrected chi connectivity index (χ4v) is 1.93. The molecule has 13 heavy (non-hydrogen) atoms. The molecule has 1 saturated heterocycles. The molecule has 1 fully saturated rings. The van der Waals surface area contributed by atoms with Gasteiger partial charge in [0.2, 0.25) is 0 Å². The summed E-state index contributed by atoms with van der Waals surface area (Å²) in [5.41, 5.74) is 1.03.